The van der Waals surface area contributed by atoms with E-state index in [1.54, 1.807) is 0 Å². The first kappa shape index (κ1) is 43.2. The zero-order chi connectivity index (χ0) is 40.8. The van der Waals surface area contributed by atoms with Crippen LogP contribution in [0.2, 0.25) is 0 Å². The topological polar surface area (TPSA) is 0 Å². The molecule has 0 radical (unpaired) electrons. The van der Waals surface area contributed by atoms with Gasteiger partial charge >= 0.3 is 300 Å². The summed E-state index contributed by atoms with van der Waals surface area (Å²) in [4.78, 5) is 0. The molecule has 0 nitrogen and oxygen atoms in total. The molecule has 0 aliphatic rings. The van der Waals surface area contributed by atoms with Gasteiger partial charge in [0, 0.05) is 4.47 Å². The summed E-state index contributed by atoms with van der Waals surface area (Å²) in [5, 5.41) is 0. The molecule has 0 spiro atoms. The fourth-order valence-corrected chi connectivity index (χ4v) is 32.1. The molecule has 0 N–H and O–H groups in total. The third-order valence-electron chi connectivity index (χ3n) is 10.3. The summed E-state index contributed by atoms with van der Waals surface area (Å²) in [6.45, 7) is 12.0. The van der Waals surface area contributed by atoms with Gasteiger partial charge in [-0.3, -0.25) is 0 Å². The SMILES string of the molecule is C=C(C)c1cc[c]([Sn]([c]2ccccc2)([c]2ccccc2)[c]2ccccc2)cc1.C=C(C)c1ccc(Br)cc1.[Cl][Sn]([c]1ccccc1)([c]1ccccc1)[c]1ccccc1. The van der Waals surface area contributed by atoms with Crippen LogP contribution in [-0.2, 0) is 0 Å². The molecule has 0 amide bonds. The third kappa shape index (κ3) is 10.2. The van der Waals surface area contributed by atoms with Gasteiger partial charge < -0.3 is 0 Å². The molecule has 0 aliphatic heterocycles. The number of halogens is 2. The number of rotatable bonds is 9. The van der Waals surface area contributed by atoms with Crippen molar-refractivity contribution in [1.29, 1.82) is 0 Å². The van der Waals surface area contributed by atoms with E-state index in [4.69, 9.17) is 8.92 Å². The predicted molar refractivity (Wildman–Crippen MR) is 263 cm³/mol. The standard InChI is InChI=1S/C9H9Br.C9H9.6C6H5.ClH.2Sn/c1-7(2)8-3-5-9(10)6-4-8;1-8(2)9-6-4-3-5-7-9;6*1-2-4-6-5-3-1;;;/h3-6H,1H2,2H3;4-7H,1H2,2H3;6*1-5H;1H;;/q;;;;;;;;;;+1/p-1. The van der Waals surface area contributed by atoms with Crippen LogP contribution in [0, 0.1) is 0 Å². The van der Waals surface area contributed by atoms with Crippen molar-refractivity contribution >= 4 is 96.7 Å². The number of hydrogen-bond acceptors (Lipinski definition) is 0. The molecular weight excluding hydrogens is 1000 g/mol. The van der Waals surface area contributed by atoms with Gasteiger partial charge in [-0.1, -0.05) is 40.2 Å². The fourth-order valence-electron chi connectivity index (χ4n) is 7.31. The van der Waals surface area contributed by atoms with Gasteiger partial charge in [-0.2, -0.15) is 0 Å². The maximum atomic E-state index is 7.33. The van der Waals surface area contributed by atoms with Crippen molar-refractivity contribution in [3.63, 3.8) is 0 Å². The summed E-state index contributed by atoms with van der Waals surface area (Å²) in [5.41, 5.74) is 4.61. The Morgan fingerprint density at radius 3 is 0.828 bits per heavy atom. The van der Waals surface area contributed by atoms with Crippen molar-refractivity contribution in [2.24, 2.45) is 0 Å². The van der Waals surface area contributed by atoms with Crippen LogP contribution in [0.25, 0.3) is 11.1 Å². The van der Waals surface area contributed by atoms with E-state index < -0.39 is 35.6 Å². The van der Waals surface area contributed by atoms with E-state index in [-0.39, 0.29) is 0 Å². The maximum absolute atomic E-state index is 7.33. The van der Waals surface area contributed by atoms with Gasteiger partial charge in [0.1, 0.15) is 0 Å². The van der Waals surface area contributed by atoms with E-state index in [2.05, 4.69) is 224 Å². The van der Waals surface area contributed by atoms with Gasteiger partial charge in [-0.05, 0) is 24.6 Å². The third-order valence-corrected chi connectivity index (χ3v) is 38.6. The van der Waals surface area contributed by atoms with Crippen molar-refractivity contribution in [2.75, 3.05) is 0 Å². The Labute approximate surface area is 366 Å². The molecule has 8 rings (SSSR count). The Balaban J connectivity index is 0.000000164. The van der Waals surface area contributed by atoms with E-state index in [9.17, 15) is 0 Å². The van der Waals surface area contributed by atoms with Crippen LogP contribution in [0.5, 0.6) is 0 Å². The Hall–Kier alpha value is -4.39. The summed E-state index contributed by atoms with van der Waals surface area (Å²) in [5.74, 6) is 0. The van der Waals surface area contributed by atoms with Gasteiger partial charge in [0.2, 0.25) is 0 Å². The van der Waals surface area contributed by atoms with Crippen LogP contribution in [0.3, 0.4) is 0 Å². The summed E-state index contributed by atoms with van der Waals surface area (Å²) in [6, 6.07) is 82.2. The van der Waals surface area contributed by atoms with Crippen LogP contribution in [0.4, 0.5) is 0 Å². The van der Waals surface area contributed by atoms with Gasteiger partial charge in [0.25, 0.3) is 0 Å². The van der Waals surface area contributed by atoms with Crippen molar-refractivity contribution in [1.82, 2.24) is 0 Å². The Bertz CT molecular complexity index is 2280. The Morgan fingerprint density at radius 1 is 0.345 bits per heavy atom. The molecule has 286 valence electrons. The molecule has 8 aromatic carbocycles. The van der Waals surface area contributed by atoms with E-state index in [0.717, 1.165) is 15.6 Å². The molecule has 0 unspecified atom stereocenters. The molecule has 0 heterocycles. The van der Waals surface area contributed by atoms with Crippen molar-refractivity contribution < 1.29 is 0 Å². The predicted octanol–water partition coefficient (Wildman–Crippen LogP) is 10.5. The molecule has 0 saturated carbocycles. The number of benzene rings is 8. The van der Waals surface area contributed by atoms with Crippen LogP contribution < -0.4 is 25.1 Å². The molecule has 0 saturated heterocycles. The van der Waals surface area contributed by atoms with Gasteiger partial charge in [0.05, 0.1) is 0 Å². The van der Waals surface area contributed by atoms with E-state index in [0.29, 0.717) is 0 Å². The van der Waals surface area contributed by atoms with Crippen LogP contribution in [-0.4, -0.2) is 35.6 Å². The summed E-state index contributed by atoms with van der Waals surface area (Å²) in [7, 11) is 7.33. The molecular formula is C54H48BrClSn2. The van der Waals surface area contributed by atoms with Gasteiger partial charge in [-0.15, -0.1) is 0 Å². The molecule has 0 fully saturated rings. The zero-order valence-electron chi connectivity index (χ0n) is 33.1. The van der Waals surface area contributed by atoms with Crippen LogP contribution >= 0.6 is 24.9 Å². The van der Waals surface area contributed by atoms with Crippen molar-refractivity contribution in [3.8, 4) is 0 Å². The van der Waals surface area contributed by atoms with Crippen molar-refractivity contribution in [3.05, 3.63) is 259 Å². The normalized spacial score (nSPS) is 10.9. The van der Waals surface area contributed by atoms with Gasteiger partial charge in [-0.25, -0.2) is 0 Å². The number of allylic oxidation sites excluding steroid dienone is 2. The first-order chi connectivity index (χ1) is 28.2. The number of hydrogen-bond donors (Lipinski definition) is 0. The Morgan fingerprint density at radius 2 is 0.569 bits per heavy atom. The van der Waals surface area contributed by atoms with Crippen LogP contribution in [0.15, 0.2) is 248 Å². The fraction of sp³-hybridized carbons (Fsp3) is 0.0370. The van der Waals surface area contributed by atoms with Gasteiger partial charge in [0.15, 0.2) is 0 Å². The second kappa shape index (κ2) is 21.0. The average molecular weight is 1050 g/mol. The van der Waals surface area contributed by atoms with E-state index in [1.807, 2.05) is 49.4 Å². The first-order valence-corrected chi connectivity index (χ1v) is 33.8. The Kier molecular flexibility index (Phi) is 15.7. The van der Waals surface area contributed by atoms with E-state index in [1.165, 1.54) is 36.2 Å². The molecule has 0 aliphatic carbocycles. The zero-order valence-corrected chi connectivity index (χ0v) is 41.2. The minimum atomic E-state index is -3.42. The molecule has 0 aromatic heterocycles. The summed E-state index contributed by atoms with van der Waals surface area (Å²) >= 11 is -3.36. The second-order valence-corrected chi connectivity index (χ2v) is 38.5. The monoisotopic (exact) mass is 1050 g/mol. The minimum absolute atomic E-state index is 1.10. The molecule has 0 atom stereocenters. The summed E-state index contributed by atoms with van der Waals surface area (Å²) < 4.78 is 10.9. The van der Waals surface area contributed by atoms with Crippen LogP contribution in [0.1, 0.15) is 25.0 Å². The quantitative estimate of drug-likeness (QED) is 0.126. The van der Waals surface area contributed by atoms with Crippen molar-refractivity contribution in [2.45, 2.75) is 13.8 Å². The molecule has 58 heavy (non-hydrogen) atoms. The molecule has 4 heteroatoms. The molecule has 0 bridgehead atoms. The summed E-state index contributed by atoms with van der Waals surface area (Å²) in [6.07, 6.45) is 0. The average Bonchev–Trinajstić information content (AvgIpc) is 3.29. The second-order valence-electron chi connectivity index (χ2n) is 14.2. The van der Waals surface area contributed by atoms with E-state index >= 15 is 0 Å². The first-order valence-electron chi connectivity index (χ1n) is 19.4. The molecule has 8 aromatic rings.